The molecule has 2 heterocycles. The summed E-state index contributed by atoms with van der Waals surface area (Å²) in [5, 5.41) is 1.96. The van der Waals surface area contributed by atoms with Gasteiger partial charge in [0.1, 0.15) is 0 Å². The average Bonchev–Trinajstić information content (AvgIpc) is 2.81. The van der Waals surface area contributed by atoms with Crippen molar-refractivity contribution in [1.82, 2.24) is 4.90 Å². The zero-order valence-corrected chi connectivity index (χ0v) is 17.4. The number of benzene rings is 1. The topological polar surface area (TPSA) is 83.6 Å². The molecule has 0 aromatic heterocycles. The average molecular weight is 411 g/mol. The van der Waals surface area contributed by atoms with Crippen molar-refractivity contribution >= 4 is 39.1 Å². The Kier molecular flexibility index (Phi) is 6.15. The Labute approximate surface area is 165 Å². The highest BCUT2D eigenvalue weighted by Gasteiger charge is 2.29. The number of hydrogen-bond acceptors (Lipinski definition) is 5. The molecule has 1 aromatic rings. The summed E-state index contributed by atoms with van der Waals surface area (Å²) in [7, 11) is -3.65. The first-order valence-electron chi connectivity index (χ1n) is 9.35. The number of carbonyl (C=O) groups is 2. The molecule has 148 valence electrons. The minimum absolute atomic E-state index is 0.0189. The number of sulfone groups is 1. The molecule has 0 saturated carbocycles. The van der Waals surface area contributed by atoms with Crippen molar-refractivity contribution in [3.8, 4) is 0 Å². The molecule has 0 aliphatic carbocycles. The van der Waals surface area contributed by atoms with Crippen LogP contribution in [0.2, 0.25) is 0 Å². The van der Waals surface area contributed by atoms with Crippen molar-refractivity contribution in [3.63, 3.8) is 0 Å². The van der Waals surface area contributed by atoms with Crippen LogP contribution in [0.15, 0.2) is 28.0 Å². The van der Waals surface area contributed by atoms with Crippen molar-refractivity contribution in [2.24, 2.45) is 5.92 Å². The molecule has 8 heteroatoms. The van der Waals surface area contributed by atoms with E-state index in [1.807, 2.05) is 0 Å². The summed E-state index contributed by atoms with van der Waals surface area (Å²) >= 11 is 1.53. The molecule has 27 heavy (non-hydrogen) atoms. The number of fused-ring (bicyclic) bond motifs is 1. The van der Waals surface area contributed by atoms with Crippen molar-refractivity contribution < 1.29 is 18.0 Å². The van der Waals surface area contributed by atoms with Crippen LogP contribution in [0.25, 0.3) is 0 Å². The molecule has 1 atom stereocenters. The van der Waals surface area contributed by atoms with E-state index >= 15 is 0 Å². The van der Waals surface area contributed by atoms with Gasteiger partial charge in [0.2, 0.25) is 11.8 Å². The second kappa shape index (κ2) is 8.22. The van der Waals surface area contributed by atoms with Gasteiger partial charge < -0.3 is 10.2 Å². The van der Waals surface area contributed by atoms with E-state index in [0.717, 1.165) is 17.7 Å². The molecule has 1 fully saturated rings. The minimum atomic E-state index is -3.65. The SMILES string of the molecule is CC1CCN(C(=O)C[C@H](C)S(=O)(=O)c2ccc3c(c2)NC(=O)CCS3)CC1. The molecule has 0 spiro atoms. The van der Waals surface area contributed by atoms with Gasteiger partial charge in [-0.05, 0) is 43.9 Å². The predicted octanol–water partition coefficient (Wildman–Crippen LogP) is 2.93. The fraction of sp³-hybridized carbons (Fsp3) is 0.579. The summed E-state index contributed by atoms with van der Waals surface area (Å²) in [5.74, 6) is 1.07. The van der Waals surface area contributed by atoms with Gasteiger partial charge in [0, 0.05) is 36.6 Å². The quantitative estimate of drug-likeness (QED) is 0.825. The Morgan fingerprint density at radius 1 is 1.33 bits per heavy atom. The summed E-state index contributed by atoms with van der Waals surface area (Å²) < 4.78 is 25.9. The van der Waals surface area contributed by atoms with Crippen LogP contribution < -0.4 is 5.32 Å². The summed E-state index contributed by atoms with van der Waals surface area (Å²) in [4.78, 5) is 27.1. The fourth-order valence-corrected chi connectivity index (χ4v) is 5.65. The van der Waals surface area contributed by atoms with Crippen LogP contribution in [0, 0.1) is 5.92 Å². The lowest BCUT2D eigenvalue weighted by atomic mass is 9.99. The molecule has 2 aliphatic heterocycles. The van der Waals surface area contributed by atoms with Gasteiger partial charge in [0.05, 0.1) is 15.8 Å². The molecule has 2 aliphatic rings. The van der Waals surface area contributed by atoms with Crippen LogP contribution in [-0.2, 0) is 19.4 Å². The van der Waals surface area contributed by atoms with E-state index in [1.54, 1.807) is 24.0 Å². The molecular weight excluding hydrogens is 384 g/mol. The maximum absolute atomic E-state index is 13.0. The normalized spacial score (nSPS) is 19.8. The summed E-state index contributed by atoms with van der Waals surface area (Å²) in [6.45, 7) is 5.16. The summed E-state index contributed by atoms with van der Waals surface area (Å²) in [5.41, 5.74) is 0.534. The van der Waals surface area contributed by atoms with E-state index < -0.39 is 15.1 Å². The van der Waals surface area contributed by atoms with Crippen LogP contribution in [0.3, 0.4) is 0 Å². The van der Waals surface area contributed by atoms with Crippen molar-refractivity contribution in [2.45, 2.75) is 54.6 Å². The van der Waals surface area contributed by atoms with Crippen LogP contribution in [0.4, 0.5) is 5.69 Å². The number of rotatable bonds is 4. The van der Waals surface area contributed by atoms with Crippen LogP contribution in [0.5, 0.6) is 0 Å². The minimum Gasteiger partial charge on any atom is -0.343 e. The Morgan fingerprint density at radius 2 is 2.04 bits per heavy atom. The van der Waals surface area contributed by atoms with Crippen LogP contribution >= 0.6 is 11.8 Å². The van der Waals surface area contributed by atoms with Gasteiger partial charge >= 0.3 is 0 Å². The summed E-state index contributed by atoms with van der Waals surface area (Å²) in [6, 6.07) is 4.83. The predicted molar refractivity (Wildman–Crippen MR) is 107 cm³/mol. The number of amides is 2. The highest BCUT2D eigenvalue weighted by molar-refractivity contribution is 7.99. The van der Waals surface area contributed by atoms with Gasteiger partial charge in [-0.1, -0.05) is 6.92 Å². The second-order valence-corrected chi connectivity index (χ2v) is 10.9. The van der Waals surface area contributed by atoms with Gasteiger partial charge in [-0.25, -0.2) is 8.42 Å². The van der Waals surface area contributed by atoms with Gasteiger partial charge in [0.15, 0.2) is 9.84 Å². The number of hydrogen-bond donors (Lipinski definition) is 1. The van der Waals surface area contributed by atoms with E-state index in [0.29, 0.717) is 36.9 Å². The lowest BCUT2D eigenvalue weighted by Gasteiger charge is -2.31. The Balaban J connectivity index is 1.73. The third-order valence-electron chi connectivity index (χ3n) is 5.27. The highest BCUT2D eigenvalue weighted by atomic mass is 32.2. The monoisotopic (exact) mass is 410 g/mol. The molecular formula is C19H26N2O4S2. The first-order valence-corrected chi connectivity index (χ1v) is 11.9. The lowest BCUT2D eigenvalue weighted by Crippen LogP contribution is -2.40. The van der Waals surface area contributed by atoms with E-state index in [9.17, 15) is 18.0 Å². The Morgan fingerprint density at radius 3 is 2.74 bits per heavy atom. The van der Waals surface area contributed by atoms with E-state index in [4.69, 9.17) is 0 Å². The van der Waals surface area contributed by atoms with Gasteiger partial charge in [-0.15, -0.1) is 11.8 Å². The second-order valence-electron chi connectivity index (χ2n) is 7.43. The third kappa shape index (κ3) is 4.66. The molecule has 3 rings (SSSR count). The molecule has 0 bridgehead atoms. The molecule has 0 unspecified atom stereocenters. The number of carbonyl (C=O) groups excluding carboxylic acids is 2. The number of likely N-dealkylation sites (tertiary alicyclic amines) is 1. The lowest BCUT2D eigenvalue weighted by molar-refractivity contribution is -0.132. The maximum Gasteiger partial charge on any atom is 0.225 e. The molecule has 1 N–H and O–H groups in total. The van der Waals surface area contributed by atoms with E-state index in [2.05, 4.69) is 12.2 Å². The van der Waals surface area contributed by atoms with Crippen LogP contribution in [0.1, 0.15) is 39.5 Å². The van der Waals surface area contributed by atoms with E-state index in [1.165, 1.54) is 17.8 Å². The van der Waals surface area contributed by atoms with E-state index in [-0.39, 0.29) is 23.1 Å². The first kappa shape index (κ1) is 20.2. The number of nitrogens with zero attached hydrogens (tertiary/aromatic N) is 1. The fourth-order valence-electron chi connectivity index (χ4n) is 3.35. The standard InChI is InChI=1S/C19H26N2O4S2/c1-13-5-8-21(9-6-13)19(23)11-14(2)27(24,25)15-3-4-17-16(12-15)20-18(22)7-10-26-17/h3-4,12-14H,5-11H2,1-2H3,(H,20,22)/t14-/m0/s1. The van der Waals surface area contributed by atoms with Gasteiger partial charge in [-0.3, -0.25) is 9.59 Å². The molecule has 0 radical (unpaired) electrons. The van der Waals surface area contributed by atoms with Crippen LogP contribution in [-0.4, -0.2) is 49.2 Å². The molecule has 1 saturated heterocycles. The zero-order chi connectivity index (χ0) is 19.6. The number of thioether (sulfide) groups is 1. The Bertz CT molecular complexity index is 830. The van der Waals surface area contributed by atoms with Crippen molar-refractivity contribution in [2.75, 3.05) is 24.2 Å². The summed E-state index contributed by atoms with van der Waals surface area (Å²) in [6.07, 6.45) is 2.32. The number of anilines is 1. The van der Waals surface area contributed by atoms with Gasteiger partial charge in [0.25, 0.3) is 0 Å². The zero-order valence-electron chi connectivity index (χ0n) is 15.7. The maximum atomic E-state index is 13.0. The number of piperidine rings is 1. The molecule has 1 aromatic carbocycles. The largest absolute Gasteiger partial charge is 0.343 e. The third-order valence-corrected chi connectivity index (χ3v) is 8.48. The van der Waals surface area contributed by atoms with Crippen molar-refractivity contribution in [1.29, 1.82) is 0 Å². The first-order chi connectivity index (χ1) is 12.8. The molecule has 6 nitrogen and oxygen atoms in total. The molecule has 2 amide bonds. The Hall–Kier alpha value is -1.54. The highest BCUT2D eigenvalue weighted by Crippen LogP contribution is 2.33. The smallest absolute Gasteiger partial charge is 0.225 e. The van der Waals surface area contributed by atoms with Crippen molar-refractivity contribution in [3.05, 3.63) is 18.2 Å². The number of nitrogens with one attached hydrogen (secondary N) is 1. The van der Waals surface area contributed by atoms with Gasteiger partial charge in [-0.2, -0.15) is 0 Å².